The number of allylic oxidation sites excluding steroid dienone is 1. The quantitative estimate of drug-likeness (QED) is 0.394. The molecule has 0 aliphatic carbocycles. The molecule has 0 saturated heterocycles. The van der Waals surface area contributed by atoms with Gasteiger partial charge in [0.1, 0.15) is 0 Å². The largest absolute Gasteiger partial charge is 0.100 e. The molecule has 0 nitrogen and oxygen atoms in total. The van der Waals surface area contributed by atoms with E-state index in [0.717, 1.165) is 5.57 Å². The first-order chi connectivity index (χ1) is 1.73. The summed E-state index contributed by atoms with van der Waals surface area (Å²) in [6, 6.07) is 0. The van der Waals surface area contributed by atoms with E-state index in [0.29, 0.717) is 0 Å². The van der Waals surface area contributed by atoms with E-state index < -0.39 is 0 Å². The lowest BCUT2D eigenvalue weighted by molar-refractivity contribution is 1.58. The van der Waals surface area contributed by atoms with Gasteiger partial charge in [0.05, 0.1) is 0 Å². The van der Waals surface area contributed by atoms with Gasteiger partial charge < -0.3 is 0 Å². The fourth-order valence-corrected chi connectivity index (χ4v) is 0. The lowest BCUT2D eigenvalue weighted by atomic mass is 10.6. The van der Waals surface area contributed by atoms with Crippen LogP contribution in [0.2, 0.25) is 0 Å². The minimum absolute atomic E-state index is 0.917. The van der Waals surface area contributed by atoms with E-state index in [-0.39, 0.29) is 0 Å². The van der Waals surface area contributed by atoms with Crippen molar-refractivity contribution < 1.29 is 0 Å². The Morgan fingerprint density at radius 1 is 1.75 bits per heavy atom. The number of rotatable bonds is 0. The Balaban J connectivity index is 2.80. The van der Waals surface area contributed by atoms with E-state index in [2.05, 4.69) is 13.5 Å². The molecule has 0 saturated carbocycles. The lowest BCUT2D eigenvalue weighted by Gasteiger charge is -1.65. The van der Waals surface area contributed by atoms with Gasteiger partial charge in [0.25, 0.3) is 0 Å². The Labute approximate surface area is 27.1 Å². The molecule has 0 amide bonds. The van der Waals surface area contributed by atoms with E-state index in [4.69, 9.17) is 0 Å². The van der Waals surface area contributed by atoms with Crippen LogP contribution in [-0.4, -0.2) is 0 Å². The normalized spacial score (nSPS) is 6.50. The summed E-state index contributed by atoms with van der Waals surface area (Å²) in [7, 11) is 0. The van der Waals surface area contributed by atoms with Gasteiger partial charge in [-0.05, 0) is 13.8 Å². The molecule has 0 aromatic rings. The molecular formula is C4H7. The van der Waals surface area contributed by atoms with Crippen LogP contribution < -0.4 is 0 Å². The highest BCUT2D eigenvalue weighted by molar-refractivity contribution is 4.90. The third-order valence-corrected chi connectivity index (χ3v) is 0. The third-order valence-electron chi connectivity index (χ3n) is 0. The summed E-state index contributed by atoms with van der Waals surface area (Å²) in [6.45, 7) is 8.75. The van der Waals surface area contributed by atoms with E-state index in [1.165, 1.54) is 0 Å². The molecule has 0 fully saturated rings. The number of hydrogen-bond donors (Lipinski definition) is 0. The van der Waals surface area contributed by atoms with Gasteiger partial charge in [-0.3, -0.25) is 0 Å². The Morgan fingerprint density at radius 3 is 1.75 bits per heavy atom. The molecule has 0 heterocycles. The molecule has 0 rings (SSSR count). The Bertz CT molecular complexity index is 23.0. The zero-order valence-electron chi connectivity index (χ0n) is 2.91. The second-order valence-corrected chi connectivity index (χ2v) is 0.957. The summed E-state index contributed by atoms with van der Waals surface area (Å²) in [6.07, 6.45) is 0. The van der Waals surface area contributed by atoms with Crippen molar-refractivity contribution in [3.8, 4) is 0 Å². The van der Waals surface area contributed by atoms with Crippen LogP contribution in [0.5, 0.6) is 0 Å². The Morgan fingerprint density at radius 2 is 1.75 bits per heavy atom. The Hall–Kier alpha value is -0.260. The summed E-state index contributed by atoms with van der Waals surface area (Å²) in [5, 5.41) is 0. The topological polar surface area (TPSA) is 0 Å². The summed E-state index contributed by atoms with van der Waals surface area (Å²) in [5.41, 5.74) is 0.917. The maximum absolute atomic E-state index is 3.44. The van der Waals surface area contributed by atoms with E-state index in [9.17, 15) is 0 Å². The maximum Gasteiger partial charge on any atom is -0.0289 e. The minimum atomic E-state index is 0.917. The molecule has 0 unspecified atom stereocenters. The van der Waals surface area contributed by atoms with Gasteiger partial charge in [-0.25, -0.2) is 0 Å². The molecule has 0 heteroatoms. The van der Waals surface area contributed by atoms with Gasteiger partial charge in [0.2, 0.25) is 0 Å². The summed E-state index contributed by atoms with van der Waals surface area (Å²) in [4.78, 5) is 0. The fraction of sp³-hybridized carbons (Fsp3) is 0.250. The van der Waals surface area contributed by atoms with Crippen molar-refractivity contribution in [1.29, 1.82) is 0 Å². The molecule has 0 aliphatic heterocycles. The van der Waals surface area contributed by atoms with Crippen LogP contribution in [0.25, 0.3) is 0 Å². The molecule has 4 heavy (non-hydrogen) atoms. The van der Waals surface area contributed by atoms with Crippen LogP contribution in [-0.2, 0) is 0 Å². The lowest BCUT2D eigenvalue weighted by Crippen LogP contribution is -1.44. The van der Waals surface area contributed by atoms with Crippen molar-refractivity contribution in [3.05, 3.63) is 19.1 Å². The molecule has 23 valence electrons. The van der Waals surface area contributed by atoms with Crippen LogP contribution in [0.15, 0.2) is 12.2 Å². The van der Waals surface area contributed by atoms with E-state index >= 15 is 0 Å². The average molecular weight is 57.1 g/mol. The summed E-state index contributed by atoms with van der Waals surface area (Å²) in [5.74, 6) is 0. The molecular weight excluding hydrogens is 50.0 g/mol. The molecule has 0 bridgehead atoms. The van der Waals surface area contributed by atoms with Crippen molar-refractivity contribution >= 4 is 0 Å². The van der Waals surface area contributed by atoms with Gasteiger partial charge in [-0.1, -0.05) is 5.57 Å². The monoisotopic (exact) mass is 57.1 g/mol. The highest BCUT2D eigenvalue weighted by Gasteiger charge is 1.52. The van der Waals surface area contributed by atoms with Crippen LogP contribution >= 0.6 is 0 Å². The SMILES string of the molecule is [CH2]C(=C)[14CH3]. The molecule has 0 aliphatic rings. The molecule has 1 radical (unpaired) electrons. The van der Waals surface area contributed by atoms with Crippen molar-refractivity contribution in [1.82, 2.24) is 0 Å². The first kappa shape index (κ1) is 3.74. The third kappa shape index (κ3) is 14.1. The van der Waals surface area contributed by atoms with Crippen molar-refractivity contribution in [2.45, 2.75) is 6.92 Å². The van der Waals surface area contributed by atoms with Crippen LogP contribution in [0, 0.1) is 6.92 Å². The second kappa shape index (κ2) is 1.10. The van der Waals surface area contributed by atoms with Crippen LogP contribution in [0.1, 0.15) is 6.92 Å². The predicted molar refractivity (Wildman–Crippen MR) is 20.2 cm³/mol. The van der Waals surface area contributed by atoms with E-state index in [1.807, 2.05) is 6.92 Å². The highest BCUT2D eigenvalue weighted by Crippen LogP contribution is 1.72. The predicted octanol–water partition coefficient (Wildman–Crippen LogP) is 1.40. The maximum atomic E-state index is 3.44. The highest BCUT2D eigenvalue weighted by atomic mass is 14.5. The summed E-state index contributed by atoms with van der Waals surface area (Å²) < 4.78 is 0. The number of hydrogen-bond acceptors (Lipinski definition) is 0. The Kier molecular flexibility index (Phi) is 1.03. The molecule has 0 atom stereocenters. The van der Waals surface area contributed by atoms with Gasteiger partial charge in [-0.15, -0.1) is 6.58 Å². The molecule has 0 aromatic heterocycles. The zero-order valence-corrected chi connectivity index (χ0v) is 2.91. The molecule has 0 spiro atoms. The van der Waals surface area contributed by atoms with Gasteiger partial charge in [0, 0.05) is 0 Å². The van der Waals surface area contributed by atoms with E-state index in [1.54, 1.807) is 0 Å². The minimum Gasteiger partial charge on any atom is -0.100 e. The van der Waals surface area contributed by atoms with Gasteiger partial charge in [0.15, 0.2) is 0 Å². The molecule has 0 aromatic carbocycles. The van der Waals surface area contributed by atoms with Gasteiger partial charge >= 0.3 is 0 Å². The molecule has 0 N–H and O–H groups in total. The zero-order chi connectivity index (χ0) is 3.58. The second-order valence-electron chi connectivity index (χ2n) is 0.957. The smallest absolute Gasteiger partial charge is 0.0289 e. The van der Waals surface area contributed by atoms with Gasteiger partial charge in [-0.2, -0.15) is 0 Å². The first-order valence-electron chi connectivity index (χ1n) is 1.21. The standard InChI is InChI=1S/C4H7/c1-4(2)3/h1-2H2,3H3/i3+2. The van der Waals surface area contributed by atoms with Crippen molar-refractivity contribution in [2.24, 2.45) is 0 Å². The summed E-state index contributed by atoms with van der Waals surface area (Å²) >= 11 is 0. The fourth-order valence-electron chi connectivity index (χ4n) is 0. The average Bonchev–Trinajstić information content (AvgIpc) is 0.811. The van der Waals surface area contributed by atoms with Crippen molar-refractivity contribution in [3.63, 3.8) is 0 Å². The van der Waals surface area contributed by atoms with Crippen LogP contribution in [0.4, 0.5) is 0 Å². The van der Waals surface area contributed by atoms with Crippen molar-refractivity contribution in [2.75, 3.05) is 0 Å². The first-order valence-corrected chi connectivity index (χ1v) is 1.21. The van der Waals surface area contributed by atoms with Crippen LogP contribution in [0.3, 0.4) is 0 Å².